The van der Waals surface area contributed by atoms with E-state index in [1.165, 1.54) is 12.8 Å². The first-order chi connectivity index (χ1) is 15.5. The van der Waals surface area contributed by atoms with Crippen LogP contribution in [-0.4, -0.2) is 79.6 Å². The Morgan fingerprint density at radius 2 is 2.06 bits per heavy atom. The molecule has 0 radical (unpaired) electrons. The van der Waals surface area contributed by atoms with Crippen molar-refractivity contribution in [2.24, 2.45) is 17.8 Å². The second-order valence-electron chi connectivity index (χ2n) is 10.2. The Morgan fingerprint density at radius 1 is 1.22 bits per heavy atom. The van der Waals surface area contributed by atoms with E-state index in [-0.39, 0.29) is 11.8 Å². The van der Waals surface area contributed by atoms with Gasteiger partial charge in [-0.25, -0.2) is 4.98 Å². The molecule has 4 fully saturated rings. The van der Waals surface area contributed by atoms with Gasteiger partial charge in [-0.3, -0.25) is 14.5 Å². The van der Waals surface area contributed by atoms with Crippen LogP contribution in [0.4, 0.5) is 5.69 Å². The smallest absolute Gasteiger partial charge is 0.269 e. The number of nitrogens with one attached hydrogen (secondary N) is 3. The quantitative estimate of drug-likeness (QED) is 0.629. The SMILES string of the molecule is CNC(=O)c1ccc(N2CCN(CC3CNC4CC(C5CC5)C(=O)NC4C3)C[C@H]2C)cn1. The molecule has 32 heavy (non-hydrogen) atoms. The predicted octanol–water partition coefficient (Wildman–Crippen LogP) is 0.845. The van der Waals surface area contributed by atoms with Crippen molar-refractivity contribution in [2.75, 3.05) is 44.7 Å². The Morgan fingerprint density at radius 3 is 2.75 bits per heavy atom. The molecule has 3 N–H and O–H groups in total. The van der Waals surface area contributed by atoms with E-state index < -0.39 is 0 Å². The third-order valence-electron chi connectivity index (χ3n) is 7.87. The molecule has 174 valence electrons. The lowest BCUT2D eigenvalue weighted by atomic mass is 9.80. The number of piperidine rings is 2. The van der Waals surface area contributed by atoms with Gasteiger partial charge in [0.15, 0.2) is 0 Å². The van der Waals surface area contributed by atoms with Gasteiger partial charge in [-0.2, -0.15) is 0 Å². The van der Waals surface area contributed by atoms with E-state index in [0.29, 0.717) is 41.6 Å². The third kappa shape index (κ3) is 4.48. The second kappa shape index (κ2) is 8.98. The molecule has 2 amide bonds. The fraction of sp³-hybridized carbons (Fsp3) is 0.708. The van der Waals surface area contributed by atoms with Gasteiger partial charge in [0.1, 0.15) is 5.69 Å². The van der Waals surface area contributed by atoms with Crippen LogP contribution >= 0.6 is 0 Å². The molecule has 4 aliphatic rings. The van der Waals surface area contributed by atoms with Crippen molar-refractivity contribution < 1.29 is 9.59 Å². The Hall–Kier alpha value is -2.19. The minimum absolute atomic E-state index is 0.157. The summed E-state index contributed by atoms with van der Waals surface area (Å²) >= 11 is 0. The van der Waals surface area contributed by atoms with Gasteiger partial charge in [0.25, 0.3) is 5.91 Å². The molecule has 1 aromatic rings. The number of piperazine rings is 1. The number of aromatic nitrogens is 1. The maximum absolute atomic E-state index is 12.5. The number of carbonyl (C=O) groups is 2. The van der Waals surface area contributed by atoms with Crippen LogP contribution in [0.1, 0.15) is 43.1 Å². The zero-order valence-corrected chi connectivity index (χ0v) is 19.2. The number of hydrogen-bond acceptors (Lipinski definition) is 6. The van der Waals surface area contributed by atoms with Crippen LogP contribution in [0.3, 0.4) is 0 Å². The topological polar surface area (TPSA) is 89.6 Å². The van der Waals surface area contributed by atoms with Crippen molar-refractivity contribution in [3.05, 3.63) is 24.0 Å². The molecule has 8 nitrogen and oxygen atoms in total. The lowest BCUT2D eigenvalue weighted by Crippen LogP contribution is -2.63. The standard InChI is InChI=1S/C24H36N6O2/c1-15-13-29(7-8-30(15)18-5-6-20(27-12-18)24(32)25-2)14-16-9-22-21(26-11-16)10-19(17-3-4-17)23(31)28-22/h5-6,12,15-17,19,21-22,26H,3-4,7-11,13-14H2,1-2H3,(H,25,32)(H,28,31)/t15-,16?,19?,21?,22?/m1/s1. The summed E-state index contributed by atoms with van der Waals surface area (Å²) in [6, 6.07) is 4.92. The van der Waals surface area contributed by atoms with E-state index in [2.05, 4.69) is 37.7 Å². The Bertz CT molecular complexity index is 841. The first-order valence-electron chi connectivity index (χ1n) is 12.2. The highest BCUT2D eigenvalue weighted by Crippen LogP contribution is 2.41. The average molecular weight is 441 g/mol. The lowest BCUT2D eigenvalue weighted by molar-refractivity contribution is -0.130. The molecule has 1 saturated carbocycles. The number of hydrogen-bond donors (Lipinski definition) is 3. The maximum atomic E-state index is 12.5. The van der Waals surface area contributed by atoms with Crippen molar-refractivity contribution >= 4 is 17.5 Å². The third-order valence-corrected chi connectivity index (χ3v) is 7.87. The largest absolute Gasteiger partial charge is 0.365 e. The van der Waals surface area contributed by atoms with Crippen LogP contribution in [0.25, 0.3) is 0 Å². The highest BCUT2D eigenvalue weighted by molar-refractivity contribution is 5.92. The highest BCUT2D eigenvalue weighted by atomic mass is 16.2. The molecule has 1 aromatic heterocycles. The maximum Gasteiger partial charge on any atom is 0.269 e. The van der Waals surface area contributed by atoms with Gasteiger partial charge in [0.05, 0.1) is 11.9 Å². The summed E-state index contributed by atoms with van der Waals surface area (Å²) in [6.45, 7) is 7.36. The average Bonchev–Trinajstić information content (AvgIpc) is 3.64. The summed E-state index contributed by atoms with van der Waals surface area (Å²) in [5, 5.41) is 9.73. The molecule has 5 rings (SSSR count). The van der Waals surface area contributed by atoms with Gasteiger partial charge in [0, 0.05) is 57.3 Å². The second-order valence-corrected chi connectivity index (χ2v) is 10.2. The van der Waals surface area contributed by atoms with Crippen molar-refractivity contribution in [2.45, 2.75) is 50.7 Å². The van der Waals surface area contributed by atoms with Gasteiger partial charge < -0.3 is 20.9 Å². The van der Waals surface area contributed by atoms with E-state index in [9.17, 15) is 9.59 Å². The molecule has 1 aliphatic carbocycles. The van der Waals surface area contributed by atoms with Gasteiger partial charge in [-0.05, 0) is 63.1 Å². The molecule has 5 atom stereocenters. The summed E-state index contributed by atoms with van der Waals surface area (Å²) < 4.78 is 0. The van der Waals surface area contributed by atoms with E-state index in [0.717, 1.165) is 51.3 Å². The summed E-state index contributed by atoms with van der Waals surface area (Å²) in [5.74, 6) is 1.60. The molecular weight excluding hydrogens is 404 g/mol. The summed E-state index contributed by atoms with van der Waals surface area (Å²) in [5.41, 5.74) is 1.52. The molecule has 4 heterocycles. The van der Waals surface area contributed by atoms with E-state index in [1.54, 1.807) is 13.1 Å². The van der Waals surface area contributed by atoms with Crippen molar-refractivity contribution in [1.82, 2.24) is 25.8 Å². The Labute approximate surface area is 190 Å². The van der Waals surface area contributed by atoms with Crippen molar-refractivity contribution in [3.8, 4) is 0 Å². The molecule has 4 unspecified atom stereocenters. The van der Waals surface area contributed by atoms with Gasteiger partial charge in [0.2, 0.25) is 5.91 Å². The molecule has 3 aliphatic heterocycles. The molecule has 0 aromatic carbocycles. The molecule has 3 saturated heterocycles. The number of rotatable bonds is 5. The fourth-order valence-corrected chi connectivity index (χ4v) is 5.95. The number of amides is 2. The first kappa shape index (κ1) is 21.6. The fourth-order valence-electron chi connectivity index (χ4n) is 5.95. The summed E-state index contributed by atoms with van der Waals surface area (Å²) in [7, 11) is 1.62. The number of anilines is 1. The van der Waals surface area contributed by atoms with Gasteiger partial charge >= 0.3 is 0 Å². The first-order valence-corrected chi connectivity index (χ1v) is 12.2. The van der Waals surface area contributed by atoms with Crippen LogP contribution in [-0.2, 0) is 4.79 Å². The number of pyridine rings is 1. The number of carbonyl (C=O) groups excluding carboxylic acids is 2. The van der Waals surface area contributed by atoms with E-state index >= 15 is 0 Å². The van der Waals surface area contributed by atoms with Crippen molar-refractivity contribution in [3.63, 3.8) is 0 Å². The Balaban J connectivity index is 1.12. The molecule has 0 bridgehead atoms. The normalized spacial score (nSPS) is 33.4. The zero-order valence-electron chi connectivity index (χ0n) is 19.2. The van der Waals surface area contributed by atoms with Crippen LogP contribution in [0, 0.1) is 17.8 Å². The predicted molar refractivity (Wildman–Crippen MR) is 124 cm³/mol. The van der Waals surface area contributed by atoms with Gasteiger partial charge in [-0.15, -0.1) is 0 Å². The number of nitrogens with zero attached hydrogens (tertiary/aromatic N) is 3. The summed E-state index contributed by atoms with van der Waals surface area (Å²) in [6.07, 6.45) is 6.38. The van der Waals surface area contributed by atoms with Crippen molar-refractivity contribution in [1.29, 1.82) is 0 Å². The van der Waals surface area contributed by atoms with Crippen LogP contribution in [0.15, 0.2) is 18.3 Å². The minimum atomic E-state index is -0.157. The van der Waals surface area contributed by atoms with Crippen LogP contribution < -0.4 is 20.9 Å². The van der Waals surface area contributed by atoms with Crippen LogP contribution in [0.2, 0.25) is 0 Å². The highest BCUT2D eigenvalue weighted by Gasteiger charge is 2.45. The van der Waals surface area contributed by atoms with Crippen LogP contribution in [0.5, 0.6) is 0 Å². The van der Waals surface area contributed by atoms with Gasteiger partial charge in [-0.1, -0.05) is 0 Å². The Kier molecular flexibility index (Phi) is 6.07. The monoisotopic (exact) mass is 440 g/mol. The molecule has 0 spiro atoms. The molecular formula is C24H36N6O2. The summed E-state index contributed by atoms with van der Waals surface area (Å²) in [4.78, 5) is 33.5. The molecule has 8 heteroatoms. The lowest BCUT2D eigenvalue weighted by Gasteiger charge is -2.46. The zero-order chi connectivity index (χ0) is 22.2. The van der Waals surface area contributed by atoms with E-state index in [4.69, 9.17) is 0 Å². The minimum Gasteiger partial charge on any atom is -0.365 e. The number of fused-ring (bicyclic) bond motifs is 1. The van der Waals surface area contributed by atoms with E-state index in [1.807, 2.05) is 12.3 Å².